The Morgan fingerprint density at radius 1 is 1.12 bits per heavy atom. The molecule has 1 atom stereocenters. The molecule has 3 N–H and O–H groups in total. The molecular formula is C23H33IN4O4. The van der Waals surface area contributed by atoms with Gasteiger partial charge in [-0.1, -0.05) is 12.1 Å². The molecule has 2 aromatic carbocycles. The summed E-state index contributed by atoms with van der Waals surface area (Å²) in [4.78, 5) is 6.96. The summed E-state index contributed by atoms with van der Waals surface area (Å²) >= 11 is 0. The van der Waals surface area contributed by atoms with E-state index >= 15 is 0 Å². The number of anilines is 1. The van der Waals surface area contributed by atoms with Gasteiger partial charge in [-0.2, -0.15) is 0 Å². The Hall–Kier alpha value is -2.56. The second-order valence-electron chi connectivity index (χ2n) is 7.31. The van der Waals surface area contributed by atoms with Gasteiger partial charge in [0.05, 0.1) is 27.9 Å². The number of nitrogens with one attached hydrogen (secondary N) is 2. The van der Waals surface area contributed by atoms with Crippen LogP contribution in [0.4, 0.5) is 5.69 Å². The Kier molecular flexibility index (Phi) is 10.0. The van der Waals surface area contributed by atoms with Crippen LogP contribution in [0.3, 0.4) is 0 Å². The Balaban J connectivity index is 0.00000363. The fourth-order valence-corrected chi connectivity index (χ4v) is 3.63. The minimum atomic E-state index is 0. The van der Waals surface area contributed by atoms with Gasteiger partial charge in [-0.25, -0.2) is 4.99 Å². The first kappa shape index (κ1) is 25.7. The zero-order valence-electron chi connectivity index (χ0n) is 19.1. The summed E-state index contributed by atoms with van der Waals surface area (Å²) in [6.45, 7) is 4.89. The number of rotatable bonds is 8. The number of para-hydroxylation sites is 1. The maximum Gasteiger partial charge on any atom is 0.191 e. The lowest BCUT2D eigenvalue weighted by atomic mass is 10.2. The first-order valence-electron chi connectivity index (χ1n) is 10.5. The summed E-state index contributed by atoms with van der Waals surface area (Å²) in [6, 6.07) is 11.6. The van der Waals surface area contributed by atoms with Gasteiger partial charge in [0.25, 0.3) is 0 Å². The number of hydrogen-bond donors (Lipinski definition) is 3. The summed E-state index contributed by atoms with van der Waals surface area (Å²) < 4.78 is 16.0. The van der Waals surface area contributed by atoms with Gasteiger partial charge in [-0.05, 0) is 19.4 Å². The van der Waals surface area contributed by atoms with E-state index in [0.29, 0.717) is 17.9 Å². The zero-order chi connectivity index (χ0) is 22.2. The first-order valence-corrected chi connectivity index (χ1v) is 10.5. The summed E-state index contributed by atoms with van der Waals surface area (Å²) in [7, 11) is 4.86. The molecule has 1 aliphatic rings. The lowest BCUT2D eigenvalue weighted by molar-refractivity contribution is 0.370. The van der Waals surface area contributed by atoms with Gasteiger partial charge in [0.2, 0.25) is 0 Å². The van der Waals surface area contributed by atoms with E-state index in [-0.39, 0.29) is 35.8 Å². The average molecular weight is 556 g/mol. The van der Waals surface area contributed by atoms with Crippen molar-refractivity contribution in [2.45, 2.75) is 25.9 Å². The molecule has 0 spiro atoms. The van der Waals surface area contributed by atoms with Crippen molar-refractivity contribution in [3.8, 4) is 23.0 Å². The van der Waals surface area contributed by atoms with Crippen molar-refractivity contribution in [2.75, 3.05) is 45.9 Å². The van der Waals surface area contributed by atoms with Crippen molar-refractivity contribution in [3.63, 3.8) is 0 Å². The second kappa shape index (κ2) is 12.5. The third kappa shape index (κ3) is 6.47. The molecule has 0 bridgehead atoms. The van der Waals surface area contributed by atoms with Gasteiger partial charge >= 0.3 is 0 Å². The van der Waals surface area contributed by atoms with Crippen LogP contribution >= 0.6 is 24.0 Å². The van der Waals surface area contributed by atoms with Gasteiger partial charge < -0.3 is 34.9 Å². The lowest BCUT2D eigenvalue weighted by Crippen LogP contribution is -2.44. The lowest BCUT2D eigenvalue weighted by Gasteiger charge is -2.21. The van der Waals surface area contributed by atoms with Crippen LogP contribution in [0.5, 0.6) is 23.0 Å². The monoisotopic (exact) mass is 556 g/mol. The van der Waals surface area contributed by atoms with Gasteiger partial charge in [0, 0.05) is 55.1 Å². The van der Waals surface area contributed by atoms with Crippen LogP contribution < -0.4 is 29.7 Å². The van der Waals surface area contributed by atoms with E-state index in [0.717, 1.165) is 49.2 Å². The Labute approximate surface area is 207 Å². The normalized spacial score (nSPS) is 15.7. The smallest absolute Gasteiger partial charge is 0.191 e. The minimum absolute atomic E-state index is 0. The molecule has 0 saturated carbocycles. The number of methoxy groups -OCH3 is 3. The quantitative estimate of drug-likeness (QED) is 0.261. The molecule has 1 fully saturated rings. The number of aliphatic imine (C=N–C) groups is 1. The highest BCUT2D eigenvalue weighted by molar-refractivity contribution is 14.0. The summed E-state index contributed by atoms with van der Waals surface area (Å²) in [5.41, 5.74) is 1.79. The summed E-state index contributed by atoms with van der Waals surface area (Å²) in [6.07, 6.45) is 0.981. The predicted molar refractivity (Wildman–Crippen MR) is 138 cm³/mol. The molecule has 0 amide bonds. The number of halogens is 1. The molecular weight excluding hydrogens is 523 g/mol. The second-order valence-corrected chi connectivity index (χ2v) is 7.31. The highest BCUT2D eigenvalue weighted by atomic mass is 127. The van der Waals surface area contributed by atoms with Crippen LogP contribution in [0.2, 0.25) is 0 Å². The van der Waals surface area contributed by atoms with Crippen molar-refractivity contribution in [3.05, 3.63) is 42.0 Å². The highest BCUT2D eigenvalue weighted by Crippen LogP contribution is 2.31. The van der Waals surface area contributed by atoms with Crippen LogP contribution in [-0.4, -0.2) is 58.1 Å². The molecule has 9 heteroatoms. The maximum atomic E-state index is 10.3. The van der Waals surface area contributed by atoms with Crippen LogP contribution in [-0.2, 0) is 6.54 Å². The molecule has 176 valence electrons. The van der Waals surface area contributed by atoms with Crippen molar-refractivity contribution in [1.82, 2.24) is 10.6 Å². The highest BCUT2D eigenvalue weighted by Gasteiger charge is 2.24. The molecule has 32 heavy (non-hydrogen) atoms. The van der Waals surface area contributed by atoms with Gasteiger partial charge in [-0.3, -0.25) is 0 Å². The van der Waals surface area contributed by atoms with E-state index in [1.165, 1.54) is 7.11 Å². The van der Waals surface area contributed by atoms with Crippen molar-refractivity contribution < 1.29 is 19.3 Å². The van der Waals surface area contributed by atoms with E-state index < -0.39 is 0 Å². The number of guanidine groups is 1. The van der Waals surface area contributed by atoms with Crippen molar-refractivity contribution >= 4 is 35.6 Å². The van der Waals surface area contributed by atoms with Gasteiger partial charge in [0.1, 0.15) is 11.5 Å². The van der Waals surface area contributed by atoms with E-state index in [1.807, 2.05) is 37.3 Å². The van der Waals surface area contributed by atoms with Crippen LogP contribution in [0, 0.1) is 0 Å². The molecule has 1 saturated heterocycles. The number of phenolic OH excluding ortho intramolecular Hbond substituents is 1. The van der Waals surface area contributed by atoms with Crippen LogP contribution in [0.25, 0.3) is 0 Å². The number of hydrogen-bond acceptors (Lipinski definition) is 6. The Bertz CT molecular complexity index is 887. The zero-order valence-corrected chi connectivity index (χ0v) is 21.4. The Morgan fingerprint density at radius 3 is 2.47 bits per heavy atom. The number of ether oxygens (including phenoxy) is 3. The molecule has 0 aromatic heterocycles. The first-order chi connectivity index (χ1) is 15.1. The largest absolute Gasteiger partial charge is 0.504 e. The average Bonchev–Trinajstić information content (AvgIpc) is 3.26. The molecule has 1 heterocycles. The van der Waals surface area contributed by atoms with Gasteiger partial charge in [0.15, 0.2) is 17.5 Å². The summed E-state index contributed by atoms with van der Waals surface area (Å²) in [5, 5.41) is 17.1. The van der Waals surface area contributed by atoms with Crippen LogP contribution in [0.15, 0.2) is 41.4 Å². The van der Waals surface area contributed by atoms with E-state index in [4.69, 9.17) is 14.2 Å². The Morgan fingerprint density at radius 2 is 1.84 bits per heavy atom. The van der Waals surface area contributed by atoms with Crippen LogP contribution in [0.1, 0.15) is 18.9 Å². The van der Waals surface area contributed by atoms with Crippen molar-refractivity contribution in [2.24, 2.45) is 4.99 Å². The molecule has 0 aliphatic carbocycles. The van der Waals surface area contributed by atoms with E-state index in [1.54, 1.807) is 20.3 Å². The van der Waals surface area contributed by atoms with E-state index in [9.17, 15) is 5.11 Å². The minimum Gasteiger partial charge on any atom is -0.504 e. The topological polar surface area (TPSA) is 87.6 Å². The molecule has 8 nitrogen and oxygen atoms in total. The van der Waals surface area contributed by atoms with E-state index in [2.05, 4.69) is 20.5 Å². The molecule has 0 radical (unpaired) electrons. The fraction of sp³-hybridized carbons (Fsp3) is 0.435. The third-order valence-electron chi connectivity index (χ3n) is 5.28. The number of nitrogens with zero attached hydrogens (tertiary/aromatic N) is 2. The number of benzene rings is 2. The summed E-state index contributed by atoms with van der Waals surface area (Å²) in [5.74, 6) is 2.85. The molecule has 1 unspecified atom stereocenters. The number of phenols is 1. The molecule has 2 aromatic rings. The van der Waals surface area contributed by atoms with Gasteiger partial charge in [-0.15, -0.1) is 24.0 Å². The fourth-order valence-electron chi connectivity index (χ4n) is 3.63. The SMILES string of the molecule is CCNC(=NCc1cccc(OC)c1O)NC1CCN(c2cc(OC)cc(OC)c2)C1.I. The number of aromatic hydroxyl groups is 1. The molecule has 3 rings (SSSR count). The third-order valence-corrected chi connectivity index (χ3v) is 5.28. The predicted octanol–water partition coefficient (Wildman–Crippen LogP) is 3.37. The van der Waals surface area contributed by atoms with Crippen molar-refractivity contribution in [1.29, 1.82) is 0 Å². The maximum absolute atomic E-state index is 10.3. The standard InChI is InChI=1S/C23H32N4O4.HI/c1-5-24-23(25-14-16-7-6-8-21(31-4)22(16)28)26-17-9-10-27(15-17)18-11-19(29-2)13-20(12-18)30-3;/h6-8,11-13,17,28H,5,9-10,14-15H2,1-4H3,(H2,24,25,26);1H. The molecule has 1 aliphatic heterocycles.